The van der Waals surface area contributed by atoms with Crippen molar-refractivity contribution in [1.82, 2.24) is 20.9 Å². The Morgan fingerprint density at radius 2 is 0.983 bits per heavy atom. The van der Waals surface area contributed by atoms with Gasteiger partial charge in [0.2, 0.25) is 0 Å². The summed E-state index contributed by atoms with van der Waals surface area (Å²) < 4.78 is 5.66. The lowest BCUT2D eigenvalue weighted by molar-refractivity contribution is -0.135. The van der Waals surface area contributed by atoms with Crippen molar-refractivity contribution < 1.29 is 23.9 Å². The Bertz CT molecular complexity index is 1460. The molecule has 1 fully saturated rings. The van der Waals surface area contributed by atoms with Crippen molar-refractivity contribution in [3.8, 4) is 0 Å². The van der Waals surface area contributed by atoms with Crippen LogP contribution in [0.15, 0.2) is 24.3 Å². The molecule has 1 saturated heterocycles. The number of carbonyl (C=O) groups is 4. The molecule has 348 valence electrons. The van der Waals surface area contributed by atoms with E-state index in [9.17, 15) is 19.2 Å². The van der Waals surface area contributed by atoms with E-state index in [2.05, 4.69) is 109 Å². The molecule has 60 heavy (non-hydrogen) atoms. The fourth-order valence-corrected chi connectivity index (χ4v) is 9.14. The third-order valence-corrected chi connectivity index (χ3v) is 10.9. The van der Waals surface area contributed by atoms with Gasteiger partial charge in [-0.1, -0.05) is 86.6 Å². The monoisotopic (exact) mass is 843 g/mol. The van der Waals surface area contributed by atoms with Crippen LogP contribution in [0, 0.1) is 16.2 Å². The SMILES string of the molecule is CC(C)(C)NC(CCC/C=C/CCCOC(=O)N1CC[C@@](NC(C)(C)C)(C(=O)C(C)(C)C)C1)(CCC/C=C/CCC[C@@](C)(NC(C)(C)C)C(=O)C(C)(C)C)C(=O)C(C)(C)C. The van der Waals surface area contributed by atoms with Gasteiger partial charge in [-0.25, -0.2) is 4.79 Å². The molecular weight excluding hydrogens is 749 g/mol. The summed E-state index contributed by atoms with van der Waals surface area (Å²) in [6.45, 7) is 40.0. The molecular formula is C51H94N4O5. The second-order valence-corrected chi connectivity index (χ2v) is 24.4. The molecule has 1 rings (SSSR count). The van der Waals surface area contributed by atoms with Crippen LogP contribution in [0.1, 0.15) is 209 Å². The van der Waals surface area contributed by atoms with Crippen molar-refractivity contribution in [2.75, 3.05) is 19.7 Å². The van der Waals surface area contributed by atoms with E-state index in [0.717, 1.165) is 70.6 Å². The molecule has 0 aliphatic carbocycles. The molecule has 0 aromatic rings. The Labute approximate surface area is 369 Å². The number of hydrogen-bond donors (Lipinski definition) is 3. The van der Waals surface area contributed by atoms with Crippen LogP contribution in [0.2, 0.25) is 0 Å². The van der Waals surface area contributed by atoms with Crippen LogP contribution >= 0.6 is 0 Å². The molecule has 1 amide bonds. The predicted octanol–water partition coefficient (Wildman–Crippen LogP) is 11.5. The summed E-state index contributed by atoms with van der Waals surface area (Å²) in [5.41, 5.74) is -4.09. The number of unbranched alkanes of at least 4 members (excludes halogenated alkanes) is 4. The van der Waals surface area contributed by atoms with Gasteiger partial charge in [-0.15, -0.1) is 0 Å². The number of nitrogens with one attached hydrogen (secondary N) is 3. The lowest BCUT2D eigenvalue weighted by Gasteiger charge is -2.43. The van der Waals surface area contributed by atoms with Gasteiger partial charge in [-0.2, -0.15) is 0 Å². The van der Waals surface area contributed by atoms with E-state index in [1.807, 2.05) is 62.3 Å². The number of carbonyl (C=O) groups excluding carboxylic acids is 4. The van der Waals surface area contributed by atoms with Crippen LogP contribution in [-0.2, 0) is 19.1 Å². The van der Waals surface area contributed by atoms with E-state index in [4.69, 9.17) is 4.74 Å². The topological polar surface area (TPSA) is 117 Å². The van der Waals surface area contributed by atoms with Crippen LogP contribution in [0.4, 0.5) is 4.79 Å². The number of amides is 1. The first-order chi connectivity index (χ1) is 27.0. The predicted molar refractivity (Wildman–Crippen MR) is 253 cm³/mol. The number of allylic oxidation sites excluding steroid dienone is 4. The van der Waals surface area contributed by atoms with Crippen molar-refractivity contribution in [3.63, 3.8) is 0 Å². The van der Waals surface area contributed by atoms with Crippen LogP contribution in [0.25, 0.3) is 0 Å². The lowest BCUT2D eigenvalue weighted by atomic mass is 9.72. The van der Waals surface area contributed by atoms with Gasteiger partial charge in [0.15, 0.2) is 17.3 Å². The minimum Gasteiger partial charge on any atom is -0.449 e. The average molecular weight is 843 g/mol. The number of hydrogen-bond acceptors (Lipinski definition) is 8. The van der Waals surface area contributed by atoms with Gasteiger partial charge in [0.05, 0.1) is 23.2 Å². The second-order valence-electron chi connectivity index (χ2n) is 24.4. The zero-order valence-corrected chi connectivity index (χ0v) is 42.4. The quantitative estimate of drug-likeness (QED) is 0.0729. The van der Waals surface area contributed by atoms with Gasteiger partial charge in [0, 0.05) is 46.0 Å². The van der Waals surface area contributed by atoms with E-state index >= 15 is 0 Å². The number of ketones is 3. The molecule has 1 aliphatic heterocycles. The van der Waals surface area contributed by atoms with Crippen molar-refractivity contribution >= 4 is 23.4 Å². The number of ether oxygens (including phenoxy) is 1. The largest absolute Gasteiger partial charge is 0.449 e. The first-order valence-electron chi connectivity index (χ1n) is 23.2. The number of nitrogens with zero attached hydrogens (tertiary/aromatic N) is 1. The summed E-state index contributed by atoms with van der Waals surface area (Å²) >= 11 is 0. The Morgan fingerprint density at radius 1 is 0.550 bits per heavy atom. The minimum absolute atomic E-state index is 0.124. The maximum Gasteiger partial charge on any atom is 0.409 e. The molecule has 1 heterocycles. The van der Waals surface area contributed by atoms with Crippen molar-refractivity contribution in [1.29, 1.82) is 0 Å². The molecule has 9 nitrogen and oxygen atoms in total. The summed E-state index contributed by atoms with van der Waals surface area (Å²) in [7, 11) is 0. The standard InChI is InChI=1S/C51H94N4O5/c1-43(2,3)39(56)49(19,52-46(10,11)12)32-28-24-20-21-25-29-33-50(53-47(13,14)15,40(57)44(4,5)6)34-30-26-22-23-27-31-37-60-42(59)55-36-35-51(38-55,54-48(16,17)18)41(58)45(7,8)9/h20-23,52-54H,24-38H2,1-19H3/b21-20+,23-22+/t49-,50?,51+/m1/s1. The highest BCUT2D eigenvalue weighted by Crippen LogP contribution is 2.35. The number of rotatable bonds is 22. The normalized spacial score (nSPS) is 19.5. The maximum atomic E-state index is 14.3. The Hall–Kier alpha value is -2.36. The van der Waals surface area contributed by atoms with Crippen molar-refractivity contribution in [2.45, 2.75) is 242 Å². The Balaban J connectivity index is 2.79. The fourth-order valence-electron chi connectivity index (χ4n) is 9.14. The second kappa shape index (κ2) is 21.8. The third kappa shape index (κ3) is 19.4. The van der Waals surface area contributed by atoms with E-state index < -0.39 is 32.9 Å². The van der Waals surface area contributed by atoms with Crippen LogP contribution in [0.3, 0.4) is 0 Å². The van der Waals surface area contributed by atoms with E-state index in [0.29, 0.717) is 26.1 Å². The third-order valence-electron chi connectivity index (χ3n) is 10.9. The summed E-state index contributed by atoms with van der Waals surface area (Å²) in [5, 5.41) is 11.0. The van der Waals surface area contributed by atoms with Crippen LogP contribution < -0.4 is 16.0 Å². The molecule has 0 aromatic carbocycles. The summed E-state index contributed by atoms with van der Waals surface area (Å²) in [6.07, 6.45) is 18.2. The van der Waals surface area contributed by atoms with E-state index in [1.54, 1.807) is 4.90 Å². The van der Waals surface area contributed by atoms with Crippen molar-refractivity contribution in [2.24, 2.45) is 16.2 Å². The molecule has 0 radical (unpaired) electrons. The van der Waals surface area contributed by atoms with Crippen LogP contribution in [0.5, 0.6) is 0 Å². The summed E-state index contributed by atoms with van der Waals surface area (Å²) in [5.74, 6) is 0.639. The average Bonchev–Trinajstić information content (AvgIpc) is 3.48. The lowest BCUT2D eigenvalue weighted by Crippen LogP contribution is -2.63. The smallest absolute Gasteiger partial charge is 0.409 e. The molecule has 0 spiro atoms. The Kier molecular flexibility index (Phi) is 20.2. The van der Waals surface area contributed by atoms with Gasteiger partial charge in [-0.3, -0.25) is 19.7 Å². The van der Waals surface area contributed by atoms with E-state index in [-0.39, 0.29) is 40.1 Å². The van der Waals surface area contributed by atoms with Gasteiger partial charge in [0.1, 0.15) is 0 Å². The van der Waals surface area contributed by atoms with E-state index in [1.165, 1.54) is 0 Å². The number of Topliss-reactive ketones (excluding diaryl/α,β-unsaturated/α-hetero) is 3. The maximum absolute atomic E-state index is 14.3. The fraction of sp³-hybridized carbons (Fsp3) is 0.843. The molecule has 9 heteroatoms. The molecule has 3 atom stereocenters. The first-order valence-corrected chi connectivity index (χ1v) is 23.2. The molecule has 0 aromatic heterocycles. The van der Waals surface area contributed by atoms with Gasteiger partial charge in [0.25, 0.3) is 0 Å². The summed E-state index contributed by atoms with van der Waals surface area (Å²) in [6, 6.07) is 0. The van der Waals surface area contributed by atoms with Gasteiger partial charge >= 0.3 is 6.09 Å². The molecule has 3 N–H and O–H groups in total. The highest BCUT2D eigenvalue weighted by Gasteiger charge is 2.51. The molecule has 0 saturated carbocycles. The van der Waals surface area contributed by atoms with Crippen LogP contribution in [-0.4, -0.2) is 81.3 Å². The highest BCUT2D eigenvalue weighted by molar-refractivity contribution is 5.94. The minimum atomic E-state index is -0.781. The van der Waals surface area contributed by atoms with Gasteiger partial charge in [-0.05, 0) is 146 Å². The first kappa shape index (κ1) is 55.7. The molecule has 1 aliphatic rings. The van der Waals surface area contributed by atoms with Gasteiger partial charge < -0.3 is 20.3 Å². The Morgan fingerprint density at radius 3 is 1.38 bits per heavy atom. The molecule has 0 bridgehead atoms. The van der Waals surface area contributed by atoms with Crippen molar-refractivity contribution in [3.05, 3.63) is 24.3 Å². The summed E-state index contributed by atoms with van der Waals surface area (Å²) in [4.78, 5) is 55.9. The zero-order chi connectivity index (χ0) is 46.7. The number of likely N-dealkylation sites (tertiary alicyclic amines) is 1. The zero-order valence-electron chi connectivity index (χ0n) is 42.4. The highest BCUT2D eigenvalue weighted by atomic mass is 16.6. The molecule has 1 unspecified atom stereocenters.